The monoisotopic (exact) mass is 228 g/mol. The fourth-order valence-corrected chi connectivity index (χ4v) is 1.42. The Morgan fingerprint density at radius 1 is 1.27 bits per heavy atom. The highest BCUT2D eigenvalue weighted by atomic mass is 35.5. The van der Waals surface area contributed by atoms with Crippen molar-refractivity contribution in [2.24, 2.45) is 0 Å². The molecule has 0 saturated heterocycles. The maximum atomic E-state index is 5.76. The van der Waals surface area contributed by atoms with Crippen molar-refractivity contribution in [3.63, 3.8) is 0 Å². The van der Waals surface area contributed by atoms with Crippen LogP contribution in [0.15, 0.2) is 18.2 Å². The first-order valence-electron chi connectivity index (χ1n) is 5.15. The number of alkyl halides is 1. The predicted molar refractivity (Wildman–Crippen MR) is 62.9 cm³/mol. The molecule has 15 heavy (non-hydrogen) atoms. The largest absolute Gasteiger partial charge is 0.490 e. The Morgan fingerprint density at radius 3 is 2.53 bits per heavy atom. The van der Waals surface area contributed by atoms with Gasteiger partial charge in [-0.25, -0.2) is 0 Å². The Balaban J connectivity index is 2.92. The van der Waals surface area contributed by atoms with E-state index in [4.69, 9.17) is 21.1 Å². The fraction of sp³-hybridized carbons (Fsp3) is 0.500. The second kappa shape index (κ2) is 5.86. The zero-order valence-electron chi connectivity index (χ0n) is 9.42. The molecule has 1 aromatic carbocycles. The minimum absolute atomic E-state index is 0.144. The summed E-state index contributed by atoms with van der Waals surface area (Å²) in [5, 5.41) is 0. The van der Waals surface area contributed by atoms with Crippen LogP contribution in [0.4, 0.5) is 0 Å². The van der Waals surface area contributed by atoms with Gasteiger partial charge in [0.15, 0.2) is 11.5 Å². The third-order valence-corrected chi connectivity index (χ3v) is 2.13. The lowest BCUT2D eigenvalue weighted by Crippen LogP contribution is -2.07. The molecule has 1 aromatic rings. The summed E-state index contributed by atoms with van der Waals surface area (Å²) in [5.41, 5.74) is 1.04. The average molecular weight is 229 g/mol. The van der Waals surface area contributed by atoms with Gasteiger partial charge in [0.1, 0.15) is 0 Å². The first-order chi connectivity index (χ1) is 7.17. The summed E-state index contributed by atoms with van der Waals surface area (Å²) in [6.07, 6.45) is 0.144. The second-order valence-corrected chi connectivity index (χ2v) is 3.78. The molecule has 0 amide bonds. The lowest BCUT2D eigenvalue weighted by Gasteiger charge is -2.15. The van der Waals surface area contributed by atoms with Crippen LogP contribution in [0.25, 0.3) is 0 Å². The van der Waals surface area contributed by atoms with E-state index in [1.54, 1.807) is 0 Å². The van der Waals surface area contributed by atoms with E-state index in [1.165, 1.54) is 0 Å². The van der Waals surface area contributed by atoms with Gasteiger partial charge in [-0.1, -0.05) is 6.07 Å². The van der Waals surface area contributed by atoms with Crippen LogP contribution in [0.5, 0.6) is 11.5 Å². The molecule has 0 heterocycles. The van der Waals surface area contributed by atoms with Crippen LogP contribution >= 0.6 is 11.6 Å². The Hall–Kier alpha value is -0.890. The van der Waals surface area contributed by atoms with Crippen LogP contribution in [-0.2, 0) is 5.88 Å². The van der Waals surface area contributed by atoms with Crippen LogP contribution < -0.4 is 9.47 Å². The van der Waals surface area contributed by atoms with E-state index in [0.29, 0.717) is 12.5 Å². The van der Waals surface area contributed by atoms with Gasteiger partial charge in [0, 0.05) is 5.88 Å². The molecule has 0 fully saturated rings. The number of hydrogen-bond acceptors (Lipinski definition) is 2. The molecule has 0 radical (unpaired) electrons. The molecule has 0 aliphatic heterocycles. The van der Waals surface area contributed by atoms with Gasteiger partial charge >= 0.3 is 0 Å². The molecule has 0 atom stereocenters. The maximum Gasteiger partial charge on any atom is 0.161 e. The number of hydrogen-bond donors (Lipinski definition) is 0. The predicted octanol–water partition coefficient (Wildman–Crippen LogP) is 3.61. The Bertz CT molecular complexity index is 310. The summed E-state index contributed by atoms with van der Waals surface area (Å²) in [5.74, 6) is 2.03. The quantitative estimate of drug-likeness (QED) is 0.717. The molecular formula is C12H17ClO2. The van der Waals surface area contributed by atoms with Crippen molar-refractivity contribution >= 4 is 11.6 Å². The molecule has 0 aliphatic carbocycles. The highest BCUT2D eigenvalue weighted by Crippen LogP contribution is 2.29. The van der Waals surface area contributed by atoms with Crippen LogP contribution in [0.1, 0.15) is 26.3 Å². The smallest absolute Gasteiger partial charge is 0.161 e. The summed E-state index contributed by atoms with van der Waals surface area (Å²) < 4.78 is 11.1. The summed E-state index contributed by atoms with van der Waals surface area (Å²) in [6.45, 7) is 6.56. The van der Waals surface area contributed by atoms with Crippen molar-refractivity contribution in [1.29, 1.82) is 0 Å². The van der Waals surface area contributed by atoms with Gasteiger partial charge in [0.25, 0.3) is 0 Å². The molecule has 0 bridgehead atoms. The van der Waals surface area contributed by atoms with Crippen molar-refractivity contribution in [3.05, 3.63) is 23.8 Å². The molecule has 3 heteroatoms. The highest BCUT2D eigenvalue weighted by Gasteiger charge is 2.07. The van der Waals surface area contributed by atoms with Gasteiger partial charge in [0.2, 0.25) is 0 Å². The molecular weight excluding hydrogens is 212 g/mol. The summed E-state index contributed by atoms with van der Waals surface area (Å²) in [6, 6.07) is 5.78. The van der Waals surface area contributed by atoms with E-state index >= 15 is 0 Å². The zero-order chi connectivity index (χ0) is 11.3. The van der Waals surface area contributed by atoms with Gasteiger partial charge in [0.05, 0.1) is 12.7 Å². The standard InChI is InChI=1S/C12H17ClO2/c1-4-14-12-7-10(8-13)5-6-11(12)15-9(2)3/h5-7,9H,4,8H2,1-3H3. The van der Waals surface area contributed by atoms with Crippen LogP contribution in [-0.4, -0.2) is 12.7 Å². The second-order valence-electron chi connectivity index (χ2n) is 3.51. The van der Waals surface area contributed by atoms with Crippen molar-refractivity contribution in [3.8, 4) is 11.5 Å². The summed E-state index contributed by atoms with van der Waals surface area (Å²) in [7, 11) is 0. The number of ether oxygens (including phenoxy) is 2. The van der Waals surface area contributed by atoms with Crippen molar-refractivity contribution in [2.75, 3.05) is 6.61 Å². The maximum absolute atomic E-state index is 5.76. The SMILES string of the molecule is CCOc1cc(CCl)ccc1OC(C)C. The third kappa shape index (κ3) is 3.63. The van der Waals surface area contributed by atoms with Crippen LogP contribution in [0.2, 0.25) is 0 Å². The molecule has 0 aromatic heterocycles. The van der Waals surface area contributed by atoms with Gasteiger partial charge in [-0.2, -0.15) is 0 Å². The van der Waals surface area contributed by atoms with Gasteiger partial charge in [-0.3, -0.25) is 0 Å². The van der Waals surface area contributed by atoms with Gasteiger partial charge in [-0.05, 0) is 38.5 Å². The Labute approximate surface area is 96.2 Å². The fourth-order valence-electron chi connectivity index (χ4n) is 1.26. The molecule has 0 aliphatic rings. The topological polar surface area (TPSA) is 18.5 Å². The van der Waals surface area contributed by atoms with Crippen LogP contribution in [0.3, 0.4) is 0 Å². The van der Waals surface area contributed by atoms with E-state index in [1.807, 2.05) is 39.0 Å². The summed E-state index contributed by atoms with van der Waals surface area (Å²) in [4.78, 5) is 0. The average Bonchev–Trinajstić information content (AvgIpc) is 2.20. The molecule has 2 nitrogen and oxygen atoms in total. The van der Waals surface area contributed by atoms with E-state index in [2.05, 4.69) is 0 Å². The van der Waals surface area contributed by atoms with Crippen molar-refractivity contribution in [1.82, 2.24) is 0 Å². The molecule has 0 spiro atoms. The highest BCUT2D eigenvalue weighted by molar-refractivity contribution is 6.17. The molecule has 84 valence electrons. The van der Waals surface area contributed by atoms with Crippen molar-refractivity contribution < 1.29 is 9.47 Å². The number of benzene rings is 1. The van der Waals surface area contributed by atoms with E-state index in [9.17, 15) is 0 Å². The van der Waals surface area contributed by atoms with Crippen LogP contribution in [0, 0.1) is 0 Å². The molecule has 0 N–H and O–H groups in total. The number of rotatable bonds is 5. The van der Waals surface area contributed by atoms with E-state index in [0.717, 1.165) is 17.1 Å². The number of halogens is 1. The van der Waals surface area contributed by atoms with Crippen molar-refractivity contribution in [2.45, 2.75) is 32.8 Å². The Kier molecular flexibility index (Phi) is 4.76. The van der Waals surface area contributed by atoms with E-state index < -0.39 is 0 Å². The first-order valence-corrected chi connectivity index (χ1v) is 5.69. The molecule has 1 rings (SSSR count). The zero-order valence-corrected chi connectivity index (χ0v) is 10.2. The Morgan fingerprint density at radius 2 is 2.00 bits per heavy atom. The normalized spacial score (nSPS) is 10.5. The van der Waals surface area contributed by atoms with Gasteiger partial charge in [-0.15, -0.1) is 11.6 Å². The summed E-state index contributed by atoms with van der Waals surface area (Å²) >= 11 is 5.76. The lowest BCUT2D eigenvalue weighted by atomic mass is 10.2. The molecule has 0 saturated carbocycles. The van der Waals surface area contributed by atoms with Gasteiger partial charge < -0.3 is 9.47 Å². The minimum Gasteiger partial charge on any atom is -0.490 e. The minimum atomic E-state index is 0.144. The lowest BCUT2D eigenvalue weighted by molar-refractivity contribution is 0.224. The first kappa shape index (κ1) is 12.2. The third-order valence-electron chi connectivity index (χ3n) is 1.82. The molecule has 0 unspecified atom stereocenters. The van der Waals surface area contributed by atoms with E-state index in [-0.39, 0.29) is 6.10 Å².